The molecule has 0 spiro atoms. The highest BCUT2D eigenvalue weighted by molar-refractivity contribution is 5.95. The third kappa shape index (κ3) is 4.76. The van der Waals surface area contributed by atoms with Crippen LogP contribution in [0.15, 0.2) is 60.7 Å². The molecule has 0 aliphatic rings. The minimum absolute atomic E-state index is 0.300. The van der Waals surface area contributed by atoms with E-state index >= 15 is 0 Å². The van der Waals surface area contributed by atoms with Crippen molar-refractivity contribution in [1.29, 1.82) is 0 Å². The Morgan fingerprint density at radius 1 is 1.00 bits per heavy atom. The summed E-state index contributed by atoms with van der Waals surface area (Å²) >= 11 is 0. The van der Waals surface area contributed by atoms with Gasteiger partial charge in [-0.25, -0.2) is 8.78 Å². The zero-order chi connectivity index (χ0) is 19.4. The summed E-state index contributed by atoms with van der Waals surface area (Å²) in [6.07, 6.45) is 0.339. The molecule has 0 aliphatic heterocycles. The Hall–Kier alpha value is -3.08. The molecule has 2 aromatic carbocycles. The molecular formula is C22H20F2N2O. The van der Waals surface area contributed by atoms with Gasteiger partial charge in [0, 0.05) is 5.69 Å². The van der Waals surface area contributed by atoms with E-state index in [9.17, 15) is 13.6 Å². The number of halogens is 2. The molecule has 3 rings (SSSR count). The van der Waals surface area contributed by atoms with Crippen molar-refractivity contribution in [3.8, 4) is 0 Å². The molecule has 0 radical (unpaired) electrons. The quantitative estimate of drug-likeness (QED) is 0.712. The average molecular weight is 366 g/mol. The van der Waals surface area contributed by atoms with Crippen LogP contribution < -0.4 is 5.32 Å². The number of aryl methyl sites for hydroxylation is 2. The van der Waals surface area contributed by atoms with Crippen molar-refractivity contribution in [3.05, 3.63) is 100 Å². The van der Waals surface area contributed by atoms with Crippen molar-refractivity contribution in [1.82, 2.24) is 10.3 Å². The van der Waals surface area contributed by atoms with Gasteiger partial charge in [0.1, 0.15) is 11.6 Å². The molecule has 1 heterocycles. The summed E-state index contributed by atoms with van der Waals surface area (Å²) in [7, 11) is 0. The number of carbonyl (C=O) groups excluding carboxylic acids is 1. The molecule has 0 fully saturated rings. The molecule has 0 saturated carbocycles. The first-order valence-corrected chi connectivity index (χ1v) is 8.67. The number of hydrogen-bond acceptors (Lipinski definition) is 2. The molecule has 0 aliphatic carbocycles. The third-order valence-electron chi connectivity index (χ3n) is 4.35. The van der Waals surface area contributed by atoms with E-state index in [2.05, 4.69) is 10.3 Å². The van der Waals surface area contributed by atoms with Crippen LogP contribution >= 0.6 is 0 Å². The Labute approximate surface area is 157 Å². The van der Waals surface area contributed by atoms with Crippen molar-refractivity contribution >= 4 is 5.91 Å². The SMILES string of the molecule is Cc1ccc(C(=O)NC(Cc2cccc(F)c2)c2cccc(F)c2)c(C)n1. The number of amides is 1. The van der Waals surface area contributed by atoms with E-state index < -0.39 is 6.04 Å². The normalized spacial score (nSPS) is 11.9. The Morgan fingerprint density at radius 3 is 2.37 bits per heavy atom. The van der Waals surface area contributed by atoms with Crippen molar-refractivity contribution in [3.63, 3.8) is 0 Å². The molecule has 3 nitrogen and oxygen atoms in total. The van der Waals surface area contributed by atoms with Crippen LogP contribution in [0.1, 0.15) is 38.9 Å². The van der Waals surface area contributed by atoms with E-state index in [1.54, 1.807) is 43.3 Å². The molecule has 0 bridgehead atoms. The van der Waals surface area contributed by atoms with Crippen LogP contribution in [0.25, 0.3) is 0 Å². The summed E-state index contributed by atoms with van der Waals surface area (Å²) in [6.45, 7) is 3.62. The minimum atomic E-state index is -0.504. The van der Waals surface area contributed by atoms with Gasteiger partial charge in [-0.05, 0) is 67.8 Å². The molecule has 27 heavy (non-hydrogen) atoms. The molecule has 3 aromatic rings. The zero-order valence-electron chi connectivity index (χ0n) is 15.2. The van der Waals surface area contributed by atoms with Gasteiger partial charge in [0.15, 0.2) is 0 Å². The van der Waals surface area contributed by atoms with Crippen LogP contribution in [-0.4, -0.2) is 10.9 Å². The topological polar surface area (TPSA) is 42.0 Å². The van der Waals surface area contributed by atoms with Crippen molar-refractivity contribution in [2.75, 3.05) is 0 Å². The first kappa shape index (κ1) is 18.7. The summed E-state index contributed by atoms with van der Waals surface area (Å²) in [5.74, 6) is -1.04. The number of pyridine rings is 1. The highest BCUT2D eigenvalue weighted by Crippen LogP contribution is 2.21. The van der Waals surface area contributed by atoms with Gasteiger partial charge in [-0.15, -0.1) is 0 Å². The fraction of sp³-hybridized carbons (Fsp3) is 0.182. The van der Waals surface area contributed by atoms with Gasteiger partial charge in [0.05, 0.1) is 17.3 Å². The fourth-order valence-electron chi connectivity index (χ4n) is 3.04. The fourth-order valence-corrected chi connectivity index (χ4v) is 3.04. The predicted octanol–water partition coefficient (Wildman–Crippen LogP) is 4.69. The molecule has 5 heteroatoms. The monoisotopic (exact) mass is 366 g/mol. The van der Waals surface area contributed by atoms with E-state index in [0.717, 1.165) is 5.69 Å². The van der Waals surface area contributed by atoms with Crippen LogP contribution in [0, 0.1) is 25.5 Å². The molecule has 0 saturated heterocycles. The number of nitrogens with one attached hydrogen (secondary N) is 1. The molecule has 138 valence electrons. The maximum atomic E-state index is 13.7. The predicted molar refractivity (Wildman–Crippen MR) is 100 cm³/mol. The summed E-state index contributed by atoms with van der Waals surface area (Å²) in [4.78, 5) is 17.1. The minimum Gasteiger partial charge on any atom is -0.345 e. The van der Waals surface area contributed by atoms with Crippen molar-refractivity contribution < 1.29 is 13.6 Å². The second-order valence-corrected chi connectivity index (χ2v) is 6.50. The Bertz CT molecular complexity index is 972. The lowest BCUT2D eigenvalue weighted by Crippen LogP contribution is -2.30. The van der Waals surface area contributed by atoms with Gasteiger partial charge in [-0.1, -0.05) is 24.3 Å². The smallest absolute Gasteiger partial charge is 0.253 e. The van der Waals surface area contributed by atoms with E-state index in [1.807, 2.05) is 6.92 Å². The third-order valence-corrected chi connectivity index (χ3v) is 4.35. The van der Waals surface area contributed by atoms with Crippen LogP contribution in [0.2, 0.25) is 0 Å². The lowest BCUT2D eigenvalue weighted by Gasteiger charge is -2.20. The summed E-state index contributed by atoms with van der Waals surface area (Å²) in [5.41, 5.74) is 3.23. The molecular weight excluding hydrogens is 346 g/mol. The highest BCUT2D eigenvalue weighted by Gasteiger charge is 2.19. The van der Waals surface area contributed by atoms with Crippen molar-refractivity contribution in [2.24, 2.45) is 0 Å². The maximum absolute atomic E-state index is 13.7. The number of aromatic nitrogens is 1. The van der Waals surface area contributed by atoms with Crippen LogP contribution in [0.4, 0.5) is 8.78 Å². The largest absolute Gasteiger partial charge is 0.345 e. The molecule has 1 unspecified atom stereocenters. The first-order valence-electron chi connectivity index (χ1n) is 8.67. The summed E-state index contributed by atoms with van der Waals surface area (Å²) in [6, 6.07) is 15.2. The van der Waals surface area contributed by atoms with Crippen molar-refractivity contribution in [2.45, 2.75) is 26.3 Å². The van der Waals surface area contributed by atoms with E-state index in [-0.39, 0.29) is 17.5 Å². The molecule has 1 N–H and O–H groups in total. The van der Waals surface area contributed by atoms with Crippen LogP contribution in [0.3, 0.4) is 0 Å². The van der Waals surface area contributed by atoms with Gasteiger partial charge in [-0.3, -0.25) is 9.78 Å². The number of rotatable bonds is 5. The standard InChI is InChI=1S/C22H20F2N2O/c1-14-9-10-20(15(2)25-14)22(27)26-21(17-6-4-8-19(24)13-17)12-16-5-3-7-18(23)11-16/h3-11,13,21H,12H2,1-2H3,(H,26,27). The Morgan fingerprint density at radius 2 is 1.70 bits per heavy atom. The number of nitrogens with zero attached hydrogens (tertiary/aromatic N) is 1. The van der Waals surface area contributed by atoms with Crippen LogP contribution in [0.5, 0.6) is 0 Å². The van der Waals surface area contributed by atoms with E-state index in [1.165, 1.54) is 24.3 Å². The van der Waals surface area contributed by atoms with E-state index in [0.29, 0.717) is 28.8 Å². The molecule has 1 amide bonds. The van der Waals surface area contributed by atoms with E-state index in [4.69, 9.17) is 0 Å². The zero-order valence-corrected chi connectivity index (χ0v) is 15.2. The maximum Gasteiger partial charge on any atom is 0.253 e. The van der Waals surface area contributed by atoms with Gasteiger partial charge < -0.3 is 5.32 Å². The molecule has 1 aromatic heterocycles. The average Bonchev–Trinajstić information content (AvgIpc) is 2.61. The number of benzene rings is 2. The van der Waals surface area contributed by atoms with Crippen LogP contribution in [-0.2, 0) is 6.42 Å². The lowest BCUT2D eigenvalue weighted by molar-refractivity contribution is 0.0935. The van der Waals surface area contributed by atoms with Gasteiger partial charge in [0.25, 0.3) is 5.91 Å². The first-order chi connectivity index (χ1) is 12.9. The Kier molecular flexibility index (Phi) is 5.60. The lowest BCUT2D eigenvalue weighted by atomic mass is 9.98. The second kappa shape index (κ2) is 8.08. The summed E-state index contributed by atoms with van der Waals surface area (Å²) in [5, 5.41) is 2.94. The number of hydrogen-bond donors (Lipinski definition) is 1. The number of carbonyl (C=O) groups is 1. The highest BCUT2D eigenvalue weighted by atomic mass is 19.1. The van der Waals surface area contributed by atoms with Gasteiger partial charge >= 0.3 is 0 Å². The Balaban J connectivity index is 1.90. The second-order valence-electron chi connectivity index (χ2n) is 6.50. The van der Waals surface area contributed by atoms with Gasteiger partial charge in [0.2, 0.25) is 0 Å². The van der Waals surface area contributed by atoms with Gasteiger partial charge in [-0.2, -0.15) is 0 Å². The summed E-state index contributed by atoms with van der Waals surface area (Å²) < 4.78 is 27.3. The molecule has 1 atom stereocenters.